The Bertz CT molecular complexity index is 594. The molecule has 1 N–H and O–H groups in total. The molecular formula is C16H20F3NO2. The number of halogens is 3. The molecule has 0 aliphatic carbocycles. The number of rotatable bonds is 3. The maximum absolute atomic E-state index is 13.2. The van der Waals surface area contributed by atoms with Gasteiger partial charge in [0.2, 0.25) is 0 Å². The first-order chi connectivity index (χ1) is 9.98. The van der Waals surface area contributed by atoms with Gasteiger partial charge in [-0.25, -0.2) is 0 Å². The van der Waals surface area contributed by atoms with Crippen molar-refractivity contribution in [2.45, 2.75) is 52.4 Å². The van der Waals surface area contributed by atoms with Gasteiger partial charge in [0.05, 0.1) is 11.0 Å². The van der Waals surface area contributed by atoms with Gasteiger partial charge in [-0.15, -0.1) is 0 Å². The van der Waals surface area contributed by atoms with Crippen LogP contribution in [-0.4, -0.2) is 23.2 Å². The molecule has 0 saturated heterocycles. The average Bonchev–Trinajstić information content (AvgIpc) is 2.76. The van der Waals surface area contributed by atoms with Crippen LogP contribution in [0.1, 0.15) is 38.8 Å². The molecule has 0 bridgehead atoms. The molecular weight excluding hydrogens is 295 g/mol. The van der Waals surface area contributed by atoms with Crippen molar-refractivity contribution in [2.24, 2.45) is 5.41 Å². The van der Waals surface area contributed by atoms with E-state index in [0.29, 0.717) is 5.69 Å². The second-order valence-electron chi connectivity index (χ2n) is 6.55. The molecule has 1 heterocycles. The number of hydrogen-bond acceptors (Lipinski definition) is 2. The minimum Gasteiger partial charge on any atom is -0.481 e. The highest BCUT2D eigenvalue weighted by molar-refractivity contribution is 5.77. The number of anilines is 1. The molecule has 1 aliphatic rings. The zero-order valence-corrected chi connectivity index (χ0v) is 13.0. The van der Waals surface area contributed by atoms with Crippen molar-refractivity contribution in [3.05, 3.63) is 29.3 Å². The predicted octanol–water partition coefficient (Wildman–Crippen LogP) is 3.96. The van der Waals surface area contributed by atoms with E-state index in [1.54, 1.807) is 24.8 Å². The third-order valence-electron chi connectivity index (χ3n) is 4.41. The van der Waals surface area contributed by atoms with Crippen LogP contribution in [0.15, 0.2) is 18.2 Å². The Hall–Kier alpha value is -1.72. The molecule has 122 valence electrons. The Kier molecular flexibility index (Phi) is 3.92. The van der Waals surface area contributed by atoms with Crippen molar-refractivity contribution < 1.29 is 23.1 Å². The molecule has 2 rings (SSSR count). The molecule has 1 aliphatic heterocycles. The fraction of sp³-hybridized carbons (Fsp3) is 0.562. The van der Waals surface area contributed by atoms with Crippen molar-refractivity contribution in [1.29, 1.82) is 0 Å². The van der Waals surface area contributed by atoms with Crippen LogP contribution in [0.25, 0.3) is 0 Å². The Labute approximate surface area is 127 Å². The zero-order chi connectivity index (χ0) is 16.9. The van der Waals surface area contributed by atoms with Crippen LogP contribution in [0.5, 0.6) is 0 Å². The number of carboxylic acid groups (broad SMARTS) is 1. The van der Waals surface area contributed by atoms with Gasteiger partial charge in [-0.3, -0.25) is 4.79 Å². The molecule has 1 aromatic rings. The number of nitrogens with zero attached hydrogens (tertiary/aromatic N) is 1. The van der Waals surface area contributed by atoms with Crippen LogP contribution in [0.4, 0.5) is 18.9 Å². The quantitative estimate of drug-likeness (QED) is 0.918. The summed E-state index contributed by atoms with van der Waals surface area (Å²) in [5.41, 5.74) is -1.13. The highest BCUT2D eigenvalue weighted by Crippen LogP contribution is 2.46. The lowest BCUT2D eigenvalue weighted by Gasteiger charge is -2.39. The average molecular weight is 315 g/mol. The summed E-state index contributed by atoms with van der Waals surface area (Å²) in [6, 6.07) is 3.49. The Morgan fingerprint density at radius 3 is 2.36 bits per heavy atom. The minimum atomic E-state index is -4.43. The first-order valence-corrected chi connectivity index (χ1v) is 7.18. The van der Waals surface area contributed by atoms with Gasteiger partial charge in [0.1, 0.15) is 0 Å². The molecule has 1 atom stereocenters. The van der Waals surface area contributed by atoms with Crippen LogP contribution < -0.4 is 4.90 Å². The number of alkyl halides is 3. The molecule has 0 spiro atoms. The van der Waals surface area contributed by atoms with E-state index in [2.05, 4.69) is 0 Å². The number of hydrogen-bond donors (Lipinski definition) is 1. The van der Waals surface area contributed by atoms with Gasteiger partial charge in [0, 0.05) is 17.8 Å². The maximum Gasteiger partial charge on any atom is 0.416 e. The van der Waals surface area contributed by atoms with Gasteiger partial charge in [-0.05, 0) is 51.8 Å². The van der Waals surface area contributed by atoms with E-state index >= 15 is 0 Å². The highest BCUT2D eigenvalue weighted by atomic mass is 19.4. The van der Waals surface area contributed by atoms with E-state index in [4.69, 9.17) is 0 Å². The van der Waals surface area contributed by atoms with Crippen molar-refractivity contribution in [1.82, 2.24) is 0 Å². The van der Waals surface area contributed by atoms with Crippen LogP contribution in [0, 0.1) is 5.41 Å². The van der Waals surface area contributed by atoms with E-state index in [1.807, 2.05) is 13.8 Å². The van der Waals surface area contributed by atoms with Gasteiger partial charge in [0.25, 0.3) is 0 Å². The Morgan fingerprint density at radius 2 is 1.91 bits per heavy atom. The lowest BCUT2D eigenvalue weighted by molar-refractivity contribution is -0.148. The zero-order valence-electron chi connectivity index (χ0n) is 13.0. The predicted molar refractivity (Wildman–Crippen MR) is 78.0 cm³/mol. The molecule has 22 heavy (non-hydrogen) atoms. The Balaban J connectivity index is 2.59. The molecule has 0 aromatic heterocycles. The summed E-state index contributed by atoms with van der Waals surface area (Å²) >= 11 is 0. The third kappa shape index (κ3) is 2.55. The van der Waals surface area contributed by atoms with Crippen molar-refractivity contribution in [2.75, 3.05) is 4.90 Å². The first-order valence-electron chi connectivity index (χ1n) is 7.18. The van der Waals surface area contributed by atoms with E-state index in [0.717, 1.165) is 6.07 Å². The third-order valence-corrected chi connectivity index (χ3v) is 4.41. The molecule has 0 radical (unpaired) electrons. The van der Waals surface area contributed by atoms with E-state index in [9.17, 15) is 23.1 Å². The summed E-state index contributed by atoms with van der Waals surface area (Å²) < 4.78 is 39.7. The Morgan fingerprint density at radius 1 is 1.32 bits per heavy atom. The van der Waals surface area contributed by atoms with Gasteiger partial charge < -0.3 is 10.0 Å². The van der Waals surface area contributed by atoms with Crippen molar-refractivity contribution >= 4 is 11.7 Å². The SMILES string of the molecule is CC(C)N1c2cccc(C(F)(F)F)c2CC1C(C)(C)C(=O)O. The summed E-state index contributed by atoms with van der Waals surface area (Å²) in [7, 11) is 0. The number of carbonyl (C=O) groups is 1. The van der Waals surface area contributed by atoms with Gasteiger partial charge in [0.15, 0.2) is 0 Å². The van der Waals surface area contributed by atoms with Crippen LogP contribution in [0.3, 0.4) is 0 Å². The second kappa shape index (κ2) is 5.18. The smallest absolute Gasteiger partial charge is 0.416 e. The van der Waals surface area contributed by atoms with Gasteiger partial charge in [-0.1, -0.05) is 6.07 Å². The number of carboxylic acids is 1. The lowest BCUT2D eigenvalue weighted by Crippen LogP contribution is -2.50. The van der Waals surface area contributed by atoms with E-state index in [1.165, 1.54) is 6.07 Å². The number of fused-ring (bicyclic) bond motifs is 1. The summed E-state index contributed by atoms with van der Waals surface area (Å²) in [6.07, 6.45) is -4.35. The second-order valence-corrected chi connectivity index (χ2v) is 6.55. The fourth-order valence-electron chi connectivity index (χ4n) is 3.14. The highest BCUT2D eigenvalue weighted by Gasteiger charge is 2.48. The largest absolute Gasteiger partial charge is 0.481 e. The van der Waals surface area contributed by atoms with Gasteiger partial charge in [-0.2, -0.15) is 13.2 Å². The number of aliphatic carboxylic acids is 1. The number of benzene rings is 1. The maximum atomic E-state index is 13.2. The minimum absolute atomic E-state index is 0.0858. The van der Waals surface area contributed by atoms with Crippen LogP contribution in [0.2, 0.25) is 0 Å². The molecule has 0 saturated carbocycles. The molecule has 0 fully saturated rings. The lowest BCUT2D eigenvalue weighted by atomic mass is 9.81. The summed E-state index contributed by atoms with van der Waals surface area (Å²) in [4.78, 5) is 13.4. The molecule has 0 amide bonds. The van der Waals surface area contributed by atoms with Crippen molar-refractivity contribution in [3.8, 4) is 0 Å². The van der Waals surface area contributed by atoms with E-state index in [-0.39, 0.29) is 18.0 Å². The monoisotopic (exact) mass is 315 g/mol. The molecule has 1 unspecified atom stereocenters. The summed E-state index contributed by atoms with van der Waals surface area (Å²) in [5.74, 6) is -1.01. The topological polar surface area (TPSA) is 40.5 Å². The van der Waals surface area contributed by atoms with Crippen molar-refractivity contribution in [3.63, 3.8) is 0 Å². The van der Waals surface area contributed by atoms with Crippen LogP contribution in [-0.2, 0) is 17.4 Å². The fourth-order valence-corrected chi connectivity index (χ4v) is 3.14. The molecule has 3 nitrogen and oxygen atoms in total. The summed E-state index contributed by atoms with van der Waals surface area (Å²) in [6.45, 7) is 6.85. The molecule has 1 aromatic carbocycles. The standard InChI is InChI=1S/C16H20F3NO2/c1-9(2)20-12-7-5-6-11(16(17,18)19)10(12)8-13(20)15(3,4)14(21)22/h5-7,9,13H,8H2,1-4H3,(H,21,22). The first kappa shape index (κ1) is 16.6. The van der Waals surface area contributed by atoms with Crippen LogP contribution >= 0.6 is 0 Å². The van der Waals surface area contributed by atoms with Gasteiger partial charge >= 0.3 is 12.1 Å². The summed E-state index contributed by atoms with van der Waals surface area (Å²) in [5, 5.41) is 9.46. The normalized spacial score (nSPS) is 18.7. The molecule has 6 heteroatoms. The van der Waals surface area contributed by atoms with E-state index < -0.39 is 29.2 Å².